The van der Waals surface area contributed by atoms with Gasteiger partial charge in [0.15, 0.2) is 0 Å². The van der Waals surface area contributed by atoms with Crippen LogP contribution in [0, 0.1) is 25.7 Å². The van der Waals surface area contributed by atoms with Gasteiger partial charge in [-0.25, -0.2) is 39.5 Å². The van der Waals surface area contributed by atoms with Gasteiger partial charge < -0.3 is 49.6 Å². The van der Waals surface area contributed by atoms with Gasteiger partial charge in [-0.2, -0.15) is 0 Å². The number of aryl methyl sites for hydroxylation is 4. The molecule has 90 heavy (non-hydrogen) atoms. The molecule has 2 aliphatic rings. The van der Waals surface area contributed by atoms with Gasteiger partial charge in [0, 0.05) is 73.8 Å². The summed E-state index contributed by atoms with van der Waals surface area (Å²) < 4.78 is 24.4. The van der Waals surface area contributed by atoms with Crippen LogP contribution in [0.1, 0.15) is 130 Å². The average Bonchev–Trinajstić information content (AvgIpc) is 0.944. The zero-order valence-corrected chi connectivity index (χ0v) is 54.4. The molecule has 10 rings (SSSR count). The first kappa shape index (κ1) is 66.0. The predicted octanol–water partition coefficient (Wildman–Crippen LogP) is 15.1. The lowest BCUT2D eigenvalue weighted by molar-refractivity contribution is 0.0196. The summed E-state index contributed by atoms with van der Waals surface area (Å²) in [5, 5.41) is 31.9. The number of rotatable bonds is 18. The number of carbonyl (C=O) groups is 2. The van der Waals surface area contributed by atoms with Crippen LogP contribution >= 0.6 is 0 Å². The monoisotopic (exact) mass is 1220 g/mol. The summed E-state index contributed by atoms with van der Waals surface area (Å²) in [4.78, 5) is 56.6. The molecule has 8 aromatic rings. The molecule has 4 atom stereocenters. The van der Waals surface area contributed by atoms with Gasteiger partial charge >= 0.3 is 12.2 Å². The number of aliphatic hydroxyl groups is 2. The summed E-state index contributed by atoms with van der Waals surface area (Å²) in [6, 6.07) is 32.2. The second kappa shape index (κ2) is 29.4. The Kier molecular flexibility index (Phi) is 21.6. The predicted molar refractivity (Wildman–Crippen MR) is 355 cm³/mol. The van der Waals surface area contributed by atoms with E-state index in [0.29, 0.717) is 74.1 Å². The number of piperidine rings is 2. The molecule has 0 unspecified atom stereocenters. The Morgan fingerprint density at radius 1 is 0.533 bits per heavy atom. The number of ether oxygens (including phenoxy) is 4. The number of nitrogens with one attached hydrogen (secondary N) is 2. The fourth-order valence-electron chi connectivity index (χ4n) is 11.2. The number of aliphatic hydroxyl groups excluding tert-OH is 2. The van der Waals surface area contributed by atoms with Crippen molar-refractivity contribution in [3.05, 3.63) is 144 Å². The van der Waals surface area contributed by atoms with E-state index in [4.69, 9.17) is 28.9 Å². The average molecular weight is 1220 g/mol. The highest BCUT2D eigenvalue weighted by molar-refractivity contribution is 5.93. The van der Waals surface area contributed by atoms with Crippen molar-refractivity contribution in [1.29, 1.82) is 0 Å². The molecule has 0 spiro atoms. The SMILES string of the molecule is Cc1ccc2c(CC[C@@H](O)C(C)C)cccc2c1Oc1ncccc1-c1ccnc(N[C@H]2CCCN(C(=O)OC(C)(C)C)C2)n1.Cc1ccc2c(CC[C@H](O)C(C)C)cccc2c1Oc1ncccc1-c1ccnc(N[C@H]2CCCN(C(=O)OC(C)(C)C)C2)n1. The molecular weight excluding hydrogens is 1130 g/mol. The maximum Gasteiger partial charge on any atom is 0.410 e. The van der Waals surface area contributed by atoms with Crippen molar-refractivity contribution in [3.63, 3.8) is 0 Å². The van der Waals surface area contributed by atoms with E-state index in [1.165, 1.54) is 11.1 Å². The minimum Gasteiger partial charge on any atom is -0.444 e. The number of amides is 2. The summed E-state index contributed by atoms with van der Waals surface area (Å²) in [5.74, 6) is 3.79. The first-order valence-corrected chi connectivity index (χ1v) is 31.8. The van der Waals surface area contributed by atoms with Crippen LogP contribution in [0.3, 0.4) is 0 Å². The minimum absolute atomic E-state index is 0.000293. The van der Waals surface area contributed by atoms with Gasteiger partial charge in [0.1, 0.15) is 22.7 Å². The standard InChI is InChI=1S/2C36H45N5O4/c2*1-23(2)31(42)17-15-25-10-7-12-28-27(25)16-14-24(3)32(28)44-33-29(13-8-19-37-33)30-18-20-38-34(40-30)39-26-11-9-21-41(22-26)35(43)45-36(4,5)6/h2*7-8,10,12-14,16,18-20,23,26,31,42H,9,11,15,17,21-22H2,1-6H3,(H,38,39,40)/t26-,31+;26-,31-/m00/s1. The molecule has 476 valence electrons. The summed E-state index contributed by atoms with van der Waals surface area (Å²) in [7, 11) is 0. The first-order chi connectivity index (χ1) is 43.0. The number of nitrogens with zero attached hydrogens (tertiary/aromatic N) is 8. The number of pyridine rings is 2. The molecule has 0 aliphatic carbocycles. The van der Waals surface area contributed by atoms with Gasteiger partial charge in [-0.1, -0.05) is 88.4 Å². The van der Waals surface area contributed by atoms with Crippen molar-refractivity contribution in [2.24, 2.45) is 11.8 Å². The van der Waals surface area contributed by atoms with Gasteiger partial charge in [-0.15, -0.1) is 0 Å². The van der Waals surface area contributed by atoms with Crippen LogP contribution in [-0.2, 0) is 22.3 Å². The van der Waals surface area contributed by atoms with Crippen LogP contribution in [0.15, 0.2) is 122 Å². The van der Waals surface area contributed by atoms with Crippen LogP contribution in [0.4, 0.5) is 21.5 Å². The molecule has 18 heteroatoms. The number of carbonyl (C=O) groups excluding carboxylic acids is 2. The second-order valence-corrected chi connectivity index (χ2v) is 26.4. The van der Waals surface area contributed by atoms with E-state index in [2.05, 4.69) is 79.1 Å². The van der Waals surface area contributed by atoms with E-state index >= 15 is 0 Å². The van der Waals surface area contributed by atoms with E-state index in [0.717, 1.165) is 93.8 Å². The van der Waals surface area contributed by atoms with Crippen LogP contribution in [0.25, 0.3) is 44.1 Å². The summed E-state index contributed by atoms with van der Waals surface area (Å²) in [6.07, 6.45) is 12.1. The molecule has 4 aromatic carbocycles. The number of hydrogen-bond acceptors (Lipinski definition) is 16. The number of fused-ring (bicyclic) bond motifs is 2. The lowest BCUT2D eigenvalue weighted by Crippen LogP contribution is -2.47. The maximum atomic E-state index is 12.7. The smallest absolute Gasteiger partial charge is 0.410 e. The topological polar surface area (TPSA) is 219 Å². The Bertz CT molecular complexity index is 3510. The summed E-state index contributed by atoms with van der Waals surface area (Å²) in [6.45, 7) is 25.8. The van der Waals surface area contributed by atoms with Crippen molar-refractivity contribution in [2.45, 2.75) is 170 Å². The molecule has 2 saturated heterocycles. The van der Waals surface area contributed by atoms with Crippen molar-refractivity contribution in [1.82, 2.24) is 39.7 Å². The molecule has 4 aromatic heterocycles. The molecule has 2 fully saturated rings. The molecule has 0 bridgehead atoms. The Balaban J connectivity index is 0.000000213. The fourth-order valence-corrected chi connectivity index (χ4v) is 11.2. The van der Waals surface area contributed by atoms with Gasteiger partial charge in [-0.05, 0) is 188 Å². The highest BCUT2D eigenvalue weighted by Crippen LogP contribution is 2.40. The Morgan fingerprint density at radius 3 is 1.33 bits per heavy atom. The lowest BCUT2D eigenvalue weighted by atomic mass is 9.95. The van der Waals surface area contributed by atoms with E-state index in [1.807, 2.05) is 132 Å². The van der Waals surface area contributed by atoms with Crippen LogP contribution in [-0.4, -0.2) is 124 Å². The highest BCUT2D eigenvalue weighted by Gasteiger charge is 2.30. The zero-order valence-electron chi connectivity index (χ0n) is 54.4. The molecule has 18 nitrogen and oxygen atoms in total. The Labute approximate surface area is 530 Å². The number of anilines is 2. The van der Waals surface area contributed by atoms with Gasteiger partial charge in [0.05, 0.1) is 34.7 Å². The third-order valence-corrected chi connectivity index (χ3v) is 16.2. The van der Waals surface area contributed by atoms with Gasteiger partial charge in [0.25, 0.3) is 0 Å². The van der Waals surface area contributed by atoms with E-state index in [1.54, 1.807) is 34.6 Å². The first-order valence-electron chi connectivity index (χ1n) is 31.8. The largest absolute Gasteiger partial charge is 0.444 e. The third kappa shape index (κ3) is 17.5. The number of aromatic nitrogens is 6. The molecule has 6 heterocycles. The molecular formula is C72H90N10O8. The zero-order chi connectivity index (χ0) is 64.3. The van der Waals surface area contributed by atoms with E-state index in [-0.39, 0.29) is 48.3 Å². The van der Waals surface area contributed by atoms with Crippen molar-refractivity contribution < 1.29 is 38.7 Å². The molecule has 4 N–H and O–H groups in total. The summed E-state index contributed by atoms with van der Waals surface area (Å²) in [5.41, 5.74) is 6.11. The van der Waals surface area contributed by atoms with Crippen molar-refractivity contribution in [3.8, 4) is 45.8 Å². The fraction of sp³-hybridized carbons (Fsp3) is 0.444. The van der Waals surface area contributed by atoms with Crippen LogP contribution in [0.5, 0.6) is 23.3 Å². The quantitative estimate of drug-likeness (QED) is 0.0628. The van der Waals surface area contributed by atoms with Gasteiger partial charge in [0.2, 0.25) is 23.7 Å². The second-order valence-electron chi connectivity index (χ2n) is 26.4. The van der Waals surface area contributed by atoms with Crippen molar-refractivity contribution in [2.75, 3.05) is 36.8 Å². The Hall–Kier alpha value is -8.48. The maximum absolute atomic E-state index is 12.7. The van der Waals surface area contributed by atoms with Crippen LogP contribution in [0.2, 0.25) is 0 Å². The number of hydrogen-bond donors (Lipinski definition) is 4. The van der Waals surface area contributed by atoms with E-state index in [9.17, 15) is 19.8 Å². The molecule has 2 amide bonds. The lowest BCUT2D eigenvalue weighted by Gasteiger charge is -2.34. The third-order valence-electron chi connectivity index (χ3n) is 16.2. The highest BCUT2D eigenvalue weighted by atomic mass is 16.6. The number of benzene rings is 4. The van der Waals surface area contributed by atoms with Gasteiger partial charge in [-0.3, -0.25) is 0 Å². The Morgan fingerprint density at radius 2 is 0.944 bits per heavy atom. The van der Waals surface area contributed by atoms with Crippen LogP contribution < -0.4 is 20.1 Å². The molecule has 2 aliphatic heterocycles. The normalized spacial score (nSPS) is 16.1. The van der Waals surface area contributed by atoms with E-state index < -0.39 is 11.2 Å². The minimum atomic E-state index is -0.539. The molecule has 0 saturated carbocycles. The van der Waals surface area contributed by atoms with Crippen molar-refractivity contribution >= 4 is 45.6 Å². The summed E-state index contributed by atoms with van der Waals surface area (Å²) >= 11 is 0. The number of likely N-dealkylation sites (tertiary alicyclic amines) is 2. The molecule has 0 radical (unpaired) electrons.